The van der Waals surface area contributed by atoms with Gasteiger partial charge in [-0.2, -0.15) is 0 Å². The molecule has 0 aromatic heterocycles. The molecule has 1 aromatic carbocycles. The van der Waals surface area contributed by atoms with Crippen LogP contribution in [0.1, 0.15) is 58.6 Å². The van der Waals surface area contributed by atoms with Crippen molar-refractivity contribution in [3.05, 3.63) is 83.1 Å². The molecule has 1 saturated carbocycles. The lowest BCUT2D eigenvalue weighted by molar-refractivity contribution is 1.02. The number of aryl methyl sites for hydroxylation is 1. The standard InChI is InChI=1S/C23H29N.C2H6/c1-7-20(9-8-16(2)3)17(4)14-22-12-13-23(15-18(22)5)24-19(6)21-10-11-21;1-2/h7-9,12-15,21,24H,2,6,10-11H2,1,3-5H3;1-2H3/b9-8-,17-14+,20-7+;. The fraction of sp³-hybridized carbons (Fsp3) is 0.360. The molecule has 0 heterocycles. The predicted octanol–water partition coefficient (Wildman–Crippen LogP) is 7.84. The third kappa shape index (κ3) is 6.92. The maximum absolute atomic E-state index is 4.14. The zero-order valence-corrected chi connectivity index (χ0v) is 17.4. The topological polar surface area (TPSA) is 12.0 Å². The second-order valence-electron chi connectivity index (χ2n) is 6.75. The number of anilines is 1. The summed E-state index contributed by atoms with van der Waals surface area (Å²) in [5, 5.41) is 3.44. The molecule has 0 spiro atoms. The minimum Gasteiger partial charge on any atom is -0.359 e. The largest absolute Gasteiger partial charge is 0.359 e. The van der Waals surface area contributed by atoms with Crippen LogP contribution >= 0.6 is 0 Å². The van der Waals surface area contributed by atoms with Crippen LogP contribution in [-0.2, 0) is 0 Å². The van der Waals surface area contributed by atoms with Gasteiger partial charge in [-0.1, -0.05) is 62.9 Å². The van der Waals surface area contributed by atoms with Gasteiger partial charge in [0.15, 0.2) is 0 Å². The number of benzene rings is 1. The van der Waals surface area contributed by atoms with Crippen molar-refractivity contribution < 1.29 is 0 Å². The molecule has 1 heteroatoms. The van der Waals surface area contributed by atoms with Gasteiger partial charge in [0.2, 0.25) is 0 Å². The Kier molecular flexibility index (Phi) is 8.92. The molecular weight excluding hydrogens is 314 g/mol. The highest BCUT2D eigenvalue weighted by Crippen LogP contribution is 2.36. The van der Waals surface area contributed by atoms with Gasteiger partial charge in [-0.3, -0.25) is 0 Å². The Morgan fingerprint density at radius 2 is 1.77 bits per heavy atom. The zero-order chi connectivity index (χ0) is 19.7. The third-order valence-corrected chi connectivity index (χ3v) is 4.33. The molecule has 0 bridgehead atoms. The van der Waals surface area contributed by atoms with Gasteiger partial charge in [-0.05, 0) is 80.9 Å². The van der Waals surface area contributed by atoms with Crippen molar-refractivity contribution in [1.29, 1.82) is 0 Å². The minimum atomic E-state index is 0.671. The van der Waals surface area contributed by atoms with Gasteiger partial charge in [-0.25, -0.2) is 0 Å². The van der Waals surface area contributed by atoms with Crippen molar-refractivity contribution in [1.82, 2.24) is 0 Å². The molecule has 1 fully saturated rings. The first-order valence-corrected chi connectivity index (χ1v) is 9.65. The molecule has 0 radical (unpaired) electrons. The van der Waals surface area contributed by atoms with Crippen molar-refractivity contribution in [2.75, 3.05) is 5.32 Å². The van der Waals surface area contributed by atoms with E-state index in [4.69, 9.17) is 0 Å². The Labute approximate surface area is 160 Å². The Bertz CT molecular complexity index is 725. The summed E-state index contributed by atoms with van der Waals surface area (Å²) in [5.41, 5.74) is 8.33. The molecule has 2 rings (SSSR count). The first kappa shape index (κ1) is 21.8. The molecule has 140 valence electrons. The molecule has 1 aliphatic carbocycles. The average molecular weight is 350 g/mol. The van der Waals surface area contributed by atoms with Crippen LogP contribution in [0.25, 0.3) is 6.08 Å². The number of rotatable bonds is 7. The highest BCUT2D eigenvalue weighted by atomic mass is 14.9. The molecule has 1 aromatic rings. The second-order valence-corrected chi connectivity index (χ2v) is 6.75. The number of nitrogens with one attached hydrogen (secondary N) is 1. The Balaban J connectivity index is 0.00000163. The lowest BCUT2D eigenvalue weighted by Gasteiger charge is -2.11. The van der Waals surface area contributed by atoms with E-state index in [2.05, 4.69) is 81.7 Å². The highest BCUT2D eigenvalue weighted by molar-refractivity contribution is 5.65. The van der Waals surface area contributed by atoms with E-state index in [1.54, 1.807) is 0 Å². The molecular formula is C25H35N. The van der Waals surface area contributed by atoms with Crippen LogP contribution in [0.4, 0.5) is 5.69 Å². The SMILES string of the molecule is C=C(C)\C=C/C(=C\C)C(/C)=C/c1ccc(NC(=C)C2CC2)cc1C.CC. The number of hydrogen-bond acceptors (Lipinski definition) is 1. The fourth-order valence-corrected chi connectivity index (χ4v) is 2.64. The normalized spacial score (nSPS) is 14.7. The molecule has 26 heavy (non-hydrogen) atoms. The summed E-state index contributed by atoms with van der Waals surface area (Å²) < 4.78 is 0. The third-order valence-electron chi connectivity index (χ3n) is 4.33. The summed E-state index contributed by atoms with van der Waals surface area (Å²) in [6.07, 6.45) is 11.1. The van der Waals surface area contributed by atoms with Crippen LogP contribution in [0.3, 0.4) is 0 Å². The van der Waals surface area contributed by atoms with Crippen molar-refractivity contribution >= 4 is 11.8 Å². The summed E-state index contributed by atoms with van der Waals surface area (Å²) in [4.78, 5) is 0. The summed E-state index contributed by atoms with van der Waals surface area (Å²) in [6.45, 7) is 20.4. The van der Waals surface area contributed by atoms with Crippen LogP contribution in [0.5, 0.6) is 0 Å². The Hall–Kier alpha value is -2.28. The van der Waals surface area contributed by atoms with Gasteiger partial charge in [0, 0.05) is 11.4 Å². The van der Waals surface area contributed by atoms with Crippen molar-refractivity contribution in [2.45, 2.75) is 54.4 Å². The molecule has 0 aliphatic heterocycles. The number of allylic oxidation sites excluding steroid dienone is 7. The van der Waals surface area contributed by atoms with Crippen LogP contribution in [0.15, 0.2) is 72.0 Å². The summed E-state index contributed by atoms with van der Waals surface area (Å²) in [7, 11) is 0. The summed E-state index contributed by atoms with van der Waals surface area (Å²) in [5.74, 6) is 0.671. The van der Waals surface area contributed by atoms with E-state index in [9.17, 15) is 0 Å². The quantitative estimate of drug-likeness (QED) is 0.494. The van der Waals surface area contributed by atoms with Gasteiger partial charge >= 0.3 is 0 Å². The first-order valence-electron chi connectivity index (χ1n) is 9.65. The molecule has 0 saturated heterocycles. The van der Waals surface area contributed by atoms with Crippen LogP contribution in [-0.4, -0.2) is 0 Å². The zero-order valence-electron chi connectivity index (χ0n) is 17.4. The van der Waals surface area contributed by atoms with Gasteiger partial charge in [-0.15, -0.1) is 0 Å². The smallest absolute Gasteiger partial charge is 0.0384 e. The van der Waals surface area contributed by atoms with Gasteiger partial charge in [0.1, 0.15) is 0 Å². The first-order chi connectivity index (χ1) is 12.4. The molecule has 0 unspecified atom stereocenters. The van der Waals surface area contributed by atoms with Crippen molar-refractivity contribution in [3.63, 3.8) is 0 Å². The van der Waals surface area contributed by atoms with E-state index in [0.29, 0.717) is 5.92 Å². The number of hydrogen-bond donors (Lipinski definition) is 1. The molecule has 1 N–H and O–H groups in total. The van der Waals surface area contributed by atoms with E-state index in [0.717, 1.165) is 17.0 Å². The maximum Gasteiger partial charge on any atom is 0.0384 e. The van der Waals surface area contributed by atoms with E-state index in [1.165, 1.54) is 35.1 Å². The van der Waals surface area contributed by atoms with Crippen LogP contribution in [0.2, 0.25) is 0 Å². The Morgan fingerprint density at radius 1 is 1.12 bits per heavy atom. The van der Waals surface area contributed by atoms with Crippen molar-refractivity contribution in [3.8, 4) is 0 Å². The average Bonchev–Trinajstić information content (AvgIpc) is 3.44. The van der Waals surface area contributed by atoms with Crippen molar-refractivity contribution in [2.24, 2.45) is 5.92 Å². The maximum atomic E-state index is 4.14. The van der Waals surface area contributed by atoms with Crippen LogP contribution < -0.4 is 5.32 Å². The van der Waals surface area contributed by atoms with Gasteiger partial charge < -0.3 is 5.32 Å². The summed E-state index contributed by atoms with van der Waals surface area (Å²) >= 11 is 0. The lowest BCUT2D eigenvalue weighted by Crippen LogP contribution is -2.00. The lowest BCUT2D eigenvalue weighted by atomic mass is 10.00. The second kappa shape index (κ2) is 10.7. The van der Waals surface area contributed by atoms with E-state index >= 15 is 0 Å². The molecule has 0 atom stereocenters. The molecule has 1 nitrogen and oxygen atoms in total. The minimum absolute atomic E-state index is 0.671. The predicted molar refractivity (Wildman–Crippen MR) is 119 cm³/mol. The van der Waals surface area contributed by atoms with E-state index in [-0.39, 0.29) is 0 Å². The molecule has 0 amide bonds. The highest BCUT2D eigenvalue weighted by Gasteiger charge is 2.24. The Morgan fingerprint density at radius 3 is 2.27 bits per heavy atom. The fourth-order valence-electron chi connectivity index (χ4n) is 2.64. The molecule has 1 aliphatic rings. The van der Waals surface area contributed by atoms with Gasteiger partial charge in [0.05, 0.1) is 0 Å². The van der Waals surface area contributed by atoms with Gasteiger partial charge in [0.25, 0.3) is 0 Å². The summed E-state index contributed by atoms with van der Waals surface area (Å²) in [6, 6.07) is 6.52. The van der Waals surface area contributed by atoms with E-state index in [1.807, 2.05) is 20.8 Å². The monoisotopic (exact) mass is 349 g/mol. The van der Waals surface area contributed by atoms with E-state index < -0.39 is 0 Å². The van der Waals surface area contributed by atoms with Crippen LogP contribution in [0, 0.1) is 12.8 Å².